The van der Waals surface area contributed by atoms with Crippen LogP contribution in [0.4, 0.5) is 17.6 Å². The number of hydrogen-bond acceptors (Lipinski definition) is 4. The third kappa shape index (κ3) is 6.39. The van der Waals surface area contributed by atoms with Gasteiger partial charge in [0.2, 0.25) is 5.91 Å². The number of likely N-dealkylation sites (N-methyl/N-ethyl adjacent to an activating group) is 1. The quantitative estimate of drug-likeness (QED) is 0.461. The molecule has 0 radical (unpaired) electrons. The number of nitrogens with zero attached hydrogens (tertiary/aromatic N) is 2. The van der Waals surface area contributed by atoms with E-state index in [-0.39, 0.29) is 5.91 Å². The first-order chi connectivity index (χ1) is 16.2. The molecule has 9 heteroatoms. The highest BCUT2D eigenvalue weighted by molar-refractivity contribution is 5.83. The molecule has 2 atom stereocenters. The predicted octanol–water partition coefficient (Wildman–Crippen LogP) is 4.86. The summed E-state index contributed by atoms with van der Waals surface area (Å²) >= 11 is 0. The summed E-state index contributed by atoms with van der Waals surface area (Å²) in [6.07, 6.45) is -2.57. The fourth-order valence-electron chi connectivity index (χ4n) is 3.55. The number of halogens is 4. The first-order valence-corrected chi connectivity index (χ1v) is 10.5. The molecule has 0 aliphatic carbocycles. The zero-order chi connectivity index (χ0) is 24.7. The molecule has 3 rings (SSSR count). The minimum atomic E-state index is -4.52. The molecule has 0 aliphatic rings. The van der Waals surface area contributed by atoms with Gasteiger partial charge in [-0.2, -0.15) is 18.4 Å². The highest BCUT2D eigenvalue weighted by Gasteiger charge is 2.32. The van der Waals surface area contributed by atoms with Gasteiger partial charge in [-0.3, -0.25) is 15.1 Å². The van der Waals surface area contributed by atoms with Gasteiger partial charge in [0, 0.05) is 19.3 Å². The monoisotopic (exact) mass is 470 g/mol. The van der Waals surface area contributed by atoms with Gasteiger partial charge in [-0.25, -0.2) is 4.39 Å². The van der Waals surface area contributed by atoms with Crippen LogP contribution in [0.1, 0.15) is 46.5 Å². The van der Waals surface area contributed by atoms with Crippen molar-refractivity contribution in [3.8, 4) is 6.07 Å². The number of nitriles is 1. The molecule has 1 heterocycles. The second-order valence-electron chi connectivity index (χ2n) is 7.64. The highest BCUT2D eigenvalue weighted by atomic mass is 19.4. The fourth-order valence-corrected chi connectivity index (χ4v) is 3.55. The number of pyridine rings is 1. The number of carbonyl (C=O) groups excluding carboxylic acids is 1. The minimum absolute atomic E-state index is 0.343. The largest absolute Gasteiger partial charge is 0.433 e. The van der Waals surface area contributed by atoms with Crippen LogP contribution in [-0.2, 0) is 17.4 Å². The summed E-state index contributed by atoms with van der Waals surface area (Å²) in [6, 6.07) is 15.5. The van der Waals surface area contributed by atoms with Crippen LogP contribution in [0, 0.1) is 17.1 Å². The van der Waals surface area contributed by atoms with Gasteiger partial charge < -0.3 is 5.32 Å². The summed E-state index contributed by atoms with van der Waals surface area (Å²) in [5.74, 6) is -0.781. The third-order valence-corrected chi connectivity index (χ3v) is 5.33. The molecule has 176 valence electrons. The maximum absolute atomic E-state index is 13.4. The molecule has 2 N–H and O–H groups in total. The Labute approximate surface area is 194 Å². The van der Waals surface area contributed by atoms with Crippen molar-refractivity contribution >= 4 is 5.91 Å². The smallest absolute Gasteiger partial charge is 0.358 e. The maximum atomic E-state index is 13.4. The molecule has 1 amide bonds. The minimum Gasteiger partial charge on any atom is -0.358 e. The Morgan fingerprint density at radius 3 is 2.41 bits per heavy atom. The second-order valence-corrected chi connectivity index (χ2v) is 7.64. The van der Waals surface area contributed by atoms with E-state index in [2.05, 4.69) is 21.7 Å². The number of carbonyl (C=O) groups is 1. The van der Waals surface area contributed by atoms with Crippen molar-refractivity contribution in [1.82, 2.24) is 15.6 Å². The van der Waals surface area contributed by atoms with E-state index in [0.29, 0.717) is 29.5 Å². The Bertz CT molecular complexity index is 1160. The SMILES string of the molecule is CNC(=O)[C@H](N[C@H](CCc1ccc(C(F)(F)F)nc1)c1cccc(C#N)c1)c1ccc(F)cc1. The Hall–Kier alpha value is -3.77. The molecular formula is C25H22F4N4O. The lowest BCUT2D eigenvalue weighted by molar-refractivity contribution is -0.141. The number of aromatic nitrogens is 1. The van der Waals surface area contributed by atoms with Gasteiger partial charge >= 0.3 is 6.18 Å². The summed E-state index contributed by atoms with van der Waals surface area (Å²) in [5.41, 5.74) is 1.32. The van der Waals surface area contributed by atoms with Gasteiger partial charge in [-0.15, -0.1) is 0 Å². The summed E-state index contributed by atoms with van der Waals surface area (Å²) in [6.45, 7) is 0. The molecule has 2 aromatic carbocycles. The van der Waals surface area contributed by atoms with E-state index in [1.165, 1.54) is 43.6 Å². The molecule has 0 fully saturated rings. The lowest BCUT2D eigenvalue weighted by Gasteiger charge is -2.26. The number of benzene rings is 2. The lowest BCUT2D eigenvalue weighted by atomic mass is 9.95. The number of alkyl halides is 3. The van der Waals surface area contributed by atoms with Gasteiger partial charge in [0.15, 0.2) is 0 Å². The molecule has 0 saturated heterocycles. The fraction of sp³-hybridized carbons (Fsp3) is 0.240. The van der Waals surface area contributed by atoms with Gasteiger partial charge in [-0.1, -0.05) is 30.3 Å². The zero-order valence-electron chi connectivity index (χ0n) is 18.2. The standard InChI is InChI=1S/C25H22F4N4O/c1-31-24(34)23(18-7-9-20(26)10-8-18)33-21(19-4-2-3-17(13-19)14-30)11-5-16-6-12-22(32-15-16)25(27,28)29/h2-4,6-10,12-13,15,21,23,33H,5,11H2,1H3,(H,31,34)/t21-,23-/m1/s1. The van der Waals surface area contributed by atoms with E-state index in [9.17, 15) is 27.6 Å². The number of amides is 1. The van der Waals surface area contributed by atoms with E-state index in [0.717, 1.165) is 11.6 Å². The Kier molecular flexibility index (Phi) is 7.97. The summed E-state index contributed by atoms with van der Waals surface area (Å²) in [7, 11) is 1.49. The topological polar surface area (TPSA) is 77.8 Å². The Morgan fingerprint density at radius 1 is 1.09 bits per heavy atom. The lowest BCUT2D eigenvalue weighted by Crippen LogP contribution is -2.38. The van der Waals surface area contributed by atoms with Crippen molar-refractivity contribution < 1.29 is 22.4 Å². The van der Waals surface area contributed by atoms with E-state index in [4.69, 9.17) is 0 Å². The van der Waals surface area contributed by atoms with Crippen molar-refractivity contribution in [3.05, 3.63) is 101 Å². The molecule has 0 aliphatic heterocycles. The molecule has 34 heavy (non-hydrogen) atoms. The zero-order valence-corrected chi connectivity index (χ0v) is 18.2. The summed E-state index contributed by atoms with van der Waals surface area (Å²) in [4.78, 5) is 16.2. The molecule has 3 aromatic rings. The third-order valence-electron chi connectivity index (χ3n) is 5.33. The summed E-state index contributed by atoms with van der Waals surface area (Å²) < 4.78 is 51.8. The molecule has 0 spiro atoms. The van der Waals surface area contributed by atoms with Crippen molar-refractivity contribution in [2.24, 2.45) is 0 Å². The number of rotatable bonds is 8. The van der Waals surface area contributed by atoms with E-state index < -0.39 is 29.8 Å². The summed E-state index contributed by atoms with van der Waals surface area (Å²) in [5, 5.41) is 15.1. The van der Waals surface area contributed by atoms with Crippen molar-refractivity contribution in [2.45, 2.75) is 31.1 Å². The van der Waals surface area contributed by atoms with Gasteiger partial charge in [-0.05, 0) is 59.9 Å². The Balaban J connectivity index is 1.89. The van der Waals surface area contributed by atoms with Crippen molar-refractivity contribution in [1.29, 1.82) is 5.26 Å². The first-order valence-electron chi connectivity index (χ1n) is 10.5. The second kappa shape index (κ2) is 10.9. The average Bonchev–Trinajstić information content (AvgIpc) is 2.84. The van der Waals surface area contributed by atoms with Gasteiger partial charge in [0.1, 0.15) is 17.6 Å². The van der Waals surface area contributed by atoms with Gasteiger partial charge in [0.25, 0.3) is 0 Å². The van der Waals surface area contributed by atoms with Crippen LogP contribution in [0.25, 0.3) is 0 Å². The molecule has 0 unspecified atom stereocenters. The highest BCUT2D eigenvalue weighted by Crippen LogP contribution is 2.28. The first kappa shape index (κ1) is 24.9. The van der Waals surface area contributed by atoms with E-state index in [1.807, 2.05) is 0 Å². The molecular weight excluding hydrogens is 448 g/mol. The number of hydrogen-bond donors (Lipinski definition) is 2. The predicted molar refractivity (Wildman–Crippen MR) is 118 cm³/mol. The van der Waals surface area contributed by atoms with Gasteiger partial charge in [0.05, 0.1) is 11.6 Å². The Morgan fingerprint density at radius 2 is 1.82 bits per heavy atom. The van der Waals surface area contributed by atoms with Crippen LogP contribution in [0.15, 0.2) is 66.9 Å². The molecule has 5 nitrogen and oxygen atoms in total. The van der Waals surface area contributed by atoms with E-state index >= 15 is 0 Å². The normalized spacial score (nSPS) is 13.1. The van der Waals surface area contributed by atoms with Crippen LogP contribution in [0.2, 0.25) is 0 Å². The van der Waals surface area contributed by atoms with Crippen LogP contribution in [0.5, 0.6) is 0 Å². The number of nitrogens with one attached hydrogen (secondary N) is 2. The van der Waals surface area contributed by atoms with Crippen LogP contribution in [-0.4, -0.2) is 17.9 Å². The van der Waals surface area contributed by atoms with E-state index in [1.54, 1.807) is 24.3 Å². The van der Waals surface area contributed by atoms with Crippen molar-refractivity contribution in [3.63, 3.8) is 0 Å². The number of aryl methyl sites for hydroxylation is 1. The molecule has 0 bridgehead atoms. The van der Waals surface area contributed by atoms with Crippen LogP contribution >= 0.6 is 0 Å². The van der Waals surface area contributed by atoms with Crippen LogP contribution < -0.4 is 10.6 Å². The average molecular weight is 470 g/mol. The van der Waals surface area contributed by atoms with Crippen molar-refractivity contribution in [2.75, 3.05) is 7.05 Å². The van der Waals surface area contributed by atoms with Crippen LogP contribution in [0.3, 0.4) is 0 Å². The molecule has 0 saturated carbocycles. The maximum Gasteiger partial charge on any atom is 0.433 e. The molecule has 1 aromatic heterocycles.